The highest BCUT2D eigenvalue weighted by atomic mass is 79.9. The Bertz CT molecular complexity index is 636. The van der Waals surface area contributed by atoms with E-state index in [4.69, 9.17) is 4.74 Å². The summed E-state index contributed by atoms with van der Waals surface area (Å²) in [4.78, 5) is 12.2. The van der Waals surface area contributed by atoms with Crippen LogP contribution in [0.15, 0.2) is 46.9 Å². The molecule has 0 heterocycles. The van der Waals surface area contributed by atoms with E-state index in [1.54, 1.807) is 18.2 Å². The second-order valence-corrected chi connectivity index (χ2v) is 5.99. The number of amides is 1. The van der Waals surface area contributed by atoms with E-state index in [0.717, 1.165) is 21.5 Å². The highest BCUT2D eigenvalue weighted by molar-refractivity contribution is 9.10. The quantitative estimate of drug-likeness (QED) is 0.862. The maximum atomic E-state index is 12.2. The summed E-state index contributed by atoms with van der Waals surface area (Å²) < 4.78 is 6.40. The molecule has 0 aromatic heterocycles. The molecule has 0 aliphatic heterocycles. The summed E-state index contributed by atoms with van der Waals surface area (Å²) in [6, 6.07) is 13.0. The van der Waals surface area contributed by atoms with Gasteiger partial charge in [-0.2, -0.15) is 0 Å². The van der Waals surface area contributed by atoms with Crippen LogP contribution in [0.5, 0.6) is 5.75 Å². The SMILES string of the molecule is Cc1ccc(NC(=O)c2ccc(OC(C)C)c(Br)c2)cc1. The van der Waals surface area contributed by atoms with Gasteiger partial charge in [-0.15, -0.1) is 0 Å². The molecule has 2 rings (SSSR count). The minimum absolute atomic E-state index is 0.0912. The van der Waals surface area contributed by atoms with E-state index in [0.29, 0.717) is 5.56 Å². The van der Waals surface area contributed by atoms with E-state index in [1.165, 1.54) is 0 Å². The molecule has 21 heavy (non-hydrogen) atoms. The molecule has 4 heteroatoms. The third-order valence-corrected chi connectivity index (χ3v) is 3.49. The van der Waals surface area contributed by atoms with Crippen molar-refractivity contribution in [3.63, 3.8) is 0 Å². The topological polar surface area (TPSA) is 38.3 Å². The van der Waals surface area contributed by atoms with Gasteiger partial charge >= 0.3 is 0 Å². The molecule has 0 aliphatic rings. The predicted molar refractivity (Wildman–Crippen MR) is 89.0 cm³/mol. The van der Waals surface area contributed by atoms with E-state index < -0.39 is 0 Å². The summed E-state index contributed by atoms with van der Waals surface area (Å²) in [7, 11) is 0. The molecular weight excluding hydrogens is 330 g/mol. The van der Waals surface area contributed by atoms with Gasteiger partial charge in [-0.05, 0) is 67.0 Å². The van der Waals surface area contributed by atoms with Crippen molar-refractivity contribution in [2.45, 2.75) is 26.9 Å². The lowest BCUT2D eigenvalue weighted by atomic mass is 10.2. The highest BCUT2D eigenvalue weighted by Gasteiger charge is 2.10. The Hall–Kier alpha value is -1.81. The predicted octanol–water partition coefficient (Wildman–Crippen LogP) is 4.80. The van der Waals surface area contributed by atoms with Crippen LogP contribution in [-0.2, 0) is 0 Å². The number of carbonyl (C=O) groups is 1. The van der Waals surface area contributed by atoms with Crippen LogP contribution in [0.25, 0.3) is 0 Å². The first kappa shape index (κ1) is 15.6. The fourth-order valence-corrected chi connectivity index (χ4v) is 2.30. The third-order valence-electron chi connectivity index (χ3n) is 2.87. The molecule has 1 amide bonds. The zero-order chi connectivity index (χ0) is 15.4. The average molecular weight is 348 g/mol. The molecule has 3 nitrogen and oxygen atoms in total. The van der Waals surface area contributed by atoms with Crippen molar-refractivity contribution in [3.05, 3.63) is 58.1 Å². The molecule has 0 saturated heterocycles. The smallest absolute Gasteiger partial charge is 0.255 e. The van der Waals surface area contributed by atoms with Gasteiger partial charge < -0.3 is 10.1 Å². The van der Waals surface area contributed by atoms with Crippen molar-refractivity contribution in [2.75, 3.05) is 5.32 Å². The monoisotopic (exact) mass is 347 g/mol. The van der Waals surface area contributed by atoms with Gasteiger partial charge in [0.15, 0.2) is 0 Å². The van der Waals surface area contributed by atoms with Crippen molar-refractivity contribution < 1.29 is 9.53 Å². The zero-order valence-electron chi connectivity index (χ0n) is 12.3. The Morgan fingerprint density at radius 2 is 1.81 bits per heavy atom. The third kappa shape index (κ3) is 4.33. The summed E-state index contributed by atoms with van der Waals surface area (Å²) >= 11 is 3.43. The Morgan fingerprint density at radius 1 is 1.14 bits per heavy atom. The Balaban J connectivity index is 2.12. The number of benzene rings is 2. The molecule has 110 valence electrons. The maximum Gasteiger partial charge on any atom is 0.255 e. The van der Waals surface area contributed by atoms with Crippen molar-refractivity contribution in [1.82, 2.24) is 0 Å². The van der Waals surface area contributed by atoms with Crippen LogP contribution in [0, 0.1) is 6.92 Å². The fourth-order valence-electron chi connectivity index (χ4n) is 1.83. The van der Waals surface area contributed by atoms with Gasteiger partial charge in [-0.1, -0.05) is 17.7 Å². The van der Waals surface area contributed by atoms with Crippen LogP contribution in [-0.4, -0.2) is 12.0 Å². The normalized spacial score (nSPS) is 10.5. The second-order valence-electron chi connectivity index (χ2n) is 5.13. The molecular formula is C17H18BrNO2. The van der Waals surface area contributed by atoms with E-state index in [1.807, 2.05) is 45.0 Å². The largest absolute Gasteiger partial charge is 0.490 e. The number of hydrogen-bond donors (Lipinski definition) is 1. The average Bonchev–Trinajstić information content (AvgIpc) is 2.43. The molecule has 0 fully saturated rings. The van der Waals surface area contributed by atoms with Gasteiger partial charge in [0, 0.05) is 11.3 Å². The minimum atomic E-state index is -0.143. The molecule has 0 atom stereocenters. The van der Waals surface area contributed by atoms with E-state index in [2.05, 4.69) is 21.2 Å². The van der Waals surface area contributed by atoms with Crippen LogP contribution in [0.4, 0.5) is 5.69 Å². The number of rotatable bonds is 4. The standard InChI is InChI=1S/C17H18BrNO2/c1-11(2)21-16-9-6-13(10-15(16)18)17(20)19-14-7-4-12(3)5-8-14/h4-11H,1-3H3,(H,19,20). The molecule has 0 saturated carbocycles. The summed E-state index contributed by atoms with van der Waals surface area (Å²) in [5.41, 5.74) is 2.52. The van der Waals surface area contributed by atoms with Gasteiger partial charge in [0.1, 0.15) is 5.75 Å². The summed E-state index contributed by atoms with van der Waals surface area (Å²) in [6.07, 6.45) is 0.0912. The maximum absolute atomic E-state index is 12.2. The van der Waals surface area contributed by atoms with Crippen molar-refractivity contribution in [2.24, 2.45) is 0 Å². The first-order chi connectivity index (χ1) is 9.95. The summed E-state index contributed by atoms with van der Waals surface area (Å²) in [5, 5.41) is 2.87. The molecule has 2 aromatic rings. The second kappa shape index (κ2) is 6.76. The molecule has 0 spiro atoms. The van der Waals surface area contributed by atoms with Crippen LogP contribution in [0.1, 0.15) is 29.8 Å². The van der Waals surface area contributed by atoms with Crippen LogP contribution in [0.2, 0.25) is 0 Å². The van der Waals surface area contributed by atoms with Gasteiger partial charge in [0.2, 0.25) is 0 Å². The molecule has 0 bridgehead atoms. The zero-order valence-corrected chi connectivity index (χ0v) is 13.9. The first-order valence-corrected chi connectivity index (χ1v) is 7.59. The van der Waals surface area contributed by atoms with E-state index >= 15 is 0 Å². The van der Waals surface area contributed by atoms with Crippen molar-refractivity contribution in [1.29, 1.82) is 0 Å². The fraction of sp³-hybridized carbons (Fsp3) is 0.235. The van der Waals surface area contributed by atoms with Gasteiger partial charge in [0.25, 0.3) is 5.91 Å². The van der Waals surface area contributed by atoms with E-state index in [-0.39, 0.29) is 12.0 Å². The number of halogens is 1. The number of hydrogen-bond acceptors (Lipinski definition) is 2. The van der Waals surface area contributed by atoms with Gasteiger partial charge in [-0.3, -0.25) is 4.79 Å². The molecule has 2 aromatic carbocycles. The van der Waals surface area contributed by atoms with Crippen LogP contribution in [0.3, 0.4) is 0 Å². The summed E-state index contributed by atoms with van der Waals surface area (Å²) in [5.74, 6) is 0.590. The Morgan fingerprint density at radius 3 is 2.38 bits per heavy atom. The molecule has 0 aliphatic carbocycles. The van der Waals surface area contributed by atoms with Crippen molar-refractivity contribution >= 4 is 27.5 Å². The number of ether oxygens (including phenoxy) is 1. The number of carbonyl (C=O) groups excluding carboxylic acids is 1. The Kier molecular flexibility index (Phi) is 5.02. The van der Waals surface area contributed by atoms with Crippen LogP contribution >= 0.6 is 15.9 Å². The number of aryl methyl sites for hydroxylation is 1. The molecule has 0 unspecified atom stereocenters. The molecule has 1 N–H and O–H groups in total. The lowest BCUT2D eigenvalue weighted by Gasteiger charge is -2.12. The van der Waals surface area contributed by atoms with Gasteiger partial charge in [0.05, 0.1) is 10.6 Å². The lowest BCUT2D eigenvalue weighted by molar-refractivity contribution is 0.102. The number of anilines is 1. The number of nitrogens with one attached hydrogen (secondary N) is 1. The van der Waals surface area contributed by atoms with E-state index in [9.17, 15) is 4.79 Å². The van der Waals surface area contributed by atoms with Crippen LogP contribution < -0.4 is 10.1 Å². The minimum Gasteiger partial charge on any atom is -0.490 e. The van der Waals surface area contributed by atoms with Crippen molar-refractivity contribution in [3.8, 4) is 5.75 Å². The van der Waals surface area contributed by atoms with Gasteiger partial charge in [-0.25, -0.2) is 0 Å². The summed E-state index contributed by atoms with van der Waals surface area (Å²) in [6.45, 7) is 5.94. The Labute approximate surface area is 133 Å². The lowest BCUT2D eigenvalue weighted by Crippen LogP contribution is -2.12. The molecule has 0 radical (unpaired) electrons. The highest BCUT2D eigenvalue weighted by Crippen LogP contribution is 2.27. The first-order valence-electron chi connectivity index (χ1n) is 6.80.